The number of unbranched alkanes of at least 4 members (excludes halogenated alkanes) is 20. The molecule has 0 aromatic carbocycles. The molecule has 0 aromatic heterocycles. The molecule has 2 aliphatic rings. The molecule has 0 unspecified atom stereocenters. The molecule has 2 saturated heterocycles. The molecule has 342 valence electrons. The van der Waals surface area contributed by atoms with Gasteiger partial charge in [-0.25, -0.2) is 0 Å². The van der Waals surface area contributed by atoms with Gasteiger partial charge in [0, 0.05) is 12.8 Å². The normalized spacial score (nSPS) is 28.0. The van der Waals surface area contributed by atoms with E-state index in [1.807, 2.05) is 0 Å². The van der Waals surface area contributed by atoms with E-state index in [2.05, 4.69) is 13.8 Å². The van der Waals surface area contributed by atoms with Crippen LogP contribution in [0.4, 0.5) is 0 Å². The highest BCUT2D eigenvalue weighted by Gasteiger charge is 2.47. The summed E-state index contributed by atoms with van der Waals surface area (Å²) in [5, 5.41) is 71.7. The zero-order valence-electron chi connectivity index (χ0n) is 35.5. The van der Waals surface area contributed by atoms with E-state index >= 15 is 0 Å². The van der Waals surface area contributed by atoms with Gasteiger partial charge in [-0.15, -0.1) is 0 Å². The Balaban J connectivity index is 1.86. The number of aliphatic hydroxyl groups is 7. The van der Waals surface area contributed by atoms with Crippen LogP contribution in [0.5, 0.6) is 0 Å². The maximum atomic E-state index is 12.9. The Bertz CT molecular complexity index is 1030. The fraction of sp³-hybridized carbons (Fsp3) is 0.953. The van der Waals surface area contributed by atoms with Gasteiger partial charge in [0.1, 0.15) is 55.4 Å². The number of carbonyl (C=O) groups is 2. The summed E-state index contributed by atoms with van der Waals surface area (Å²) < 4.78 is 33.4. The van der Waals surface area contributed by atoms with Gasteiger partial charge in [-0.3, -0.25) is 9.59 Å². The number of hydrogen-bond acceptors (Lipinski definition) is 15. The molecule has 2 fully saturated rings. The Kier molecular flexibility index (Phi) is 29.3. The summed E-state index contributed by atoms with van der Waals surface area (Å²) in [6.45, 7) is 2.56. The van der Waals surface area contributed by atoms with Gasteiger partial charge in [0.25, 0.3) is 0 Å². The van der Waals surface area contributed by atoms with Crippen LogP contribution >= 0.6 is 0 Å². The van der Waals surface area contributed by atoms with Gasteiger partial charge in [-0.2, -0.15) is 0 Å². The van der Waals surface area contributed by atoms with Crippen molar-refractivity contribution in [3.05, 3.63) is 0 Å². The van der Waals surface area contributed by atoms with Crippen LogP contribution in [0, 0.1) is 0 Å². The molecule has 0 saturated carbocycles. The van der Waals surface area contributed by atoms with Crippen LogP contribution in [-0.2, 0) is 38.0 Å². The first-order valence-corrected chi connectivity index (χ1v) is 22.6. The van der Waals surface area contributed by atoms with E-state index in [1.165, 1.54) is 89.9 Å². The third-order valence-corrected chi connectivity index (χ3v) is 11.1. The highest BCUT2D eigenvalue weighted by atomic mass is 16.7. The summed E-state index contributed by atoms with van der Waals surface area (Å²) in [6, 6.07) is 0. The lowest BCUT2D eigenvalue weighted by molar-refractivity contribution is -0.332. The standard InChI is InChI=1S/C43H80O15/c1-3-5-7-9-11-13-15-16-18-19-21-23-25-34(45)53-28-31(56-35(46)26-24-22-20-17-14-12-10-8-6-4-2)29-54-42-41(52)39(50)37(48)33(58-42)30-55-43-40(51)38(49)36(47)32(27-44)57-43/h31-33,36-44,47-52H,3-30H2,1-2H3/t31-,32-,33-,36+,37+,38+,39+,40-,41-,42-,43+/m1/s1. The third kappa shape index (κ3) is 21.3. The summed E-state index contributed by atoms with van der Waals surface area (Å²) in [5.74, 6) is -0.919. The second-order valence-electron chi connectivity index (χ2n) is 16.2. The number of esters is 2. The third-order valence-electron chi connectivity index (χ3n) is 11.1. The van der Waals surface area contributed by atoms with E-state index in [9.17, 15) is 45.3 Å². The fourth-order valence-corrected chi connectivity index (χ4v) is 7.28. The van der Waals surface area contributed by atoms with Gasteiger partial charge >= 0.3 is 11.9 Å². The van der Waals surface area contributed by atoms with Crippen molar-refractivity contribution in [3.8, 4) is 0 Å². The molecule has 58 heavy (non-hydrogen) atoms. The lowest BCUT2D eigenvalue weighted by Crippen LogP contribution is -2.61. The van der Waals surface area contributed by atoms with E-state index in [-0.39, 0.29) is 26.1 Å². The molecule has 7 N–H and O–H groups in total. The van der Waals surface area contributed by atoms with Crippen LogP contribution in [0.1, 0.15) is 168 Å². The fourth-order valence-electron chi connectivity index (χ4n) is 7.28. The molecule has 0 aromatic rings. The maximum absolute atomic E-state index is 12.9. The summed E-state index contributed by atoms with van der Waals surface area (Å²) in [7, 11) is 0. The number of rotatable bonds is 34. The van der Waals surface area contributed by atoms with E-state index < -0.39 is 92.7 Å². The van der Waals surface area contributed by atoms with Crippen molar-refractivity contribution in [1.82, 2.24) is 0 Å². The minimum Gasteiger partial charge on any atom is -0.462 e. The Morgan fingerprint density at radius 1 is 0.483 bits per heavy atom. The second-order valence-corrected chi connectivity index (χ2v) is 16.2. The van der Waals surface area contributed by atoms with Crippen molar-refractivity contribution in [2.45, 2.75) is 235 Å². The molecule has 11 atom stereocenters. The van der Waals surface area contributed by atoms with Gasteiger partial charge in [0.15, 0.2) is 18.7 Å². The van der Waals surface area contributed by atoms with E-state index in [0.29, 0.717) is 12.8 Å². The second kappa shape index (κ2) is 32.2. The predicted octanol–water partition coefficient (Wildman–Crippen LogP) is 4.48. The number of aliphatic hydroxyl groups excluding tert-OH is 7. The van der Waals surface area contributed by atoms with Crippen LogP contribution in [0.3, 0.4) is 0 Å². The molecule has 2 aliphatic heterocycles. The smallest absolute Gasteiger partial charge is 0.306 e. The predicted molar refractivity (Wildman–Crippen MR) is 215 cm³/mol. The van der Waals surface area contributed by atoms with Crippen molar-refractivity contribution >= 4 is 11.9 Å². The minimum absolute atomic E-state index is 0.171. The highest BCUT2D eigenvalue weighted by Crippen LogP contribution is 2.26. The van der Waals surface area contributed by atoms with Crippen LogP contribution in [-0.4, -0.2) is 142 Å². The molecule has 15 heteroatoms. The van der Waals surface area contributed by atoms with Crippen molar-refractivity contribution in [1.29, 1.82) is 0 Å². The molecule has 0 spiro atoms. The Morgan fingerprint density at radius 3 is 1.34 bits per heavy atom. The van der Waals surface area contributed by atoms with E-state index in [1.54, 1.807) is 0 Å². The van der Waals surface area contributed by atoms with E-state index in [4.69, 9.17) is 28.4 Å². The SMILES string of the molecule is CCCCCCCCCCCCCCC(=O)OC[C@H](CO[C@@H]1O[C@H](CO[C@H]2O[C@H](CO)[C@H](O)[C@H](O)[C@H]2O)[C@H](O)[C@H](O)[C@H]1O)OC(=O)CCCCCCCCCCCC. The first-order chi connectivity index (χ1) is 28.0. The van der Waals surface area contributed by atoms with Crippen LogP contribution in [0.15, 0.2) is 0 Å². The summed E-state index contributed by atoms with van der Waals surface area (Å²) >= 11 is 0. The zero-order valence-corrected chi connectivity index (χ0v) is 35.5. The average molecular weight is 837 g/mol. The topological polar surface area (TPSA) is 231 Å². The zero-order chi connectivity index (χ0) is 42.5. The summed E-state index contributed by atoms with van der Waals surface area (Å²) in [6.07, 6.45) is 8.69. The average Bonchev–Trinajstić information content (AvgIpc) is 3.21. The number of carbonyl (C=O) groups excluding carboxylic acids is 2. The summed E-state index contributed by atoms with van der Waals surface area (Å²) in [4.78, 5) is 25.5. The Labute approximate surface area is 347 Å². The molecule has 0 radical (unpaired) electrons. The number of ether oxygens (including phenoxy) is 6. The molecule has 0 aliphatic carbocycles. The summed E-state index contributed by atoms with van der Waals surface area (Å²) in [5.41, 5.74) is 0. The Morgan fingerprint density at radius 2 is 0.879 bits per heavy atom. The lowest BCUT2D eigenvalue weighted by Gasteiger charge is -2.42. The van der Waals surface area contributed by atoms with Crippen LogP contribution < -0.4 is 0 Å². The molecule has 0 amide bonds. The van der Waals surface area contributed by atoms with Crippen molar-refractivity contribution in [2.75, 3.05) is 26.4 Å². The van der Waals surface area contributed by atoms with E-state index in [0.717, 1.165) is 38.5 Å². The molecular weight excluding hydrogens is 756 g/mol. The molecule has 2 heterocycles. The molecule has 2 rings (SSSR count). The van der Waals surface area contributed by atoms with Gasteiger partial charge in [-0.05, 0) is 12.8 Å². The lowest BCUT2D eigenvalue weighted by atomic mass is 9.98. The van der Waals surface area contributed by atoms with Gasteiger partial charge in [-0.1, -0.05) is 142 Å². The van der Waals surface area contributed by atoms with Crippen molar-refractivity contribution in [2.24, 2.45) is 0 Å². The highest BCUT2D eigenvalue weighted by molar-refractivity contribution is 5.70. The first-order valence-electron chi connectivity index (χ1n) is 22.6. The minimum atomic E-state index is -1.76. The monoisotopic (exact) mass is 837 g/mol. The van der Waals surface area contributed by atoms with Gasteiger partial charge in [0.2, 0.25) is 0 Å². The van der Waals surface area contributed by atoms with Crippen molar-refractivity contribution in [3.63, 3.8) is 0 Å². The van der Waals surface area contributed by atoms with Crippen LogP contribution in [0.25, 0.3) is 0 Å². The quantitative estimate of drug-likeness (QED) is 0.0350. The van der Waals surface area contributed by atoms with Gasteiger partial charge in [0.05, 0.1) is 19.8 Å². The Hall–Kier alpha value is -1.50. The molecule has 15 nitrogen and oxygen atoms in total. The van der Waals surface area contributed by atoms with Crippen molar-refractivity contribution < 1.29 is 73.8 Å². The van der Waals surface area contributed by atoms with Gasteiger partial charge < -0.3 is 64.2 Å². The number of hydrogen-bond donors (Lipinski definition) is 7. The maximum Gasteiger partial charge on any atom is 0.306 e. The van der Waals surface area contributed by atoms with Crippen LogP contribution in [0.2, 0.25) is 0 Å². The largest absolute Gasteiger partial charge is 0.462 e. The molecular formula is C43H80O15. The molecule has 0 bridgehead atoms. The first kappa shape index (κ1) is 52.6.